The average Bonchev–Trinajstić information content (AvgIpc) is 3.23. The van der Waals surface area contributed by atoms with Crippen molar-refractivity contribution in [1.82, 2.24) is 10.1 Å². The Labute approximate surface area is 168 Å². The number of nitrogens with zero attached hydrogens (tertiary/aromatic N) is 2. The Hall–Kier alpha value is -3.55. The van der Waals surface area contributed by atoms with Gasteiger partial charge < -0.3 is 23.5 Å². The van der Waals surface area contributed by atoms with Crippen LogP contribution in [0.2, 0.25) is 0 Å². The first-order valence-electron chi connectivity index (χ1n) is 9.16. The molecule has 0 aliphatic rings. The maximum Gasteiger partial charge on any atom is 0.309 e. The molecule has 29 heavy (non-hydrogen) atoms. The van der Waals surface area contributed by atoms with E-state index in [1.165, 1.54) is 0 Å². The van der Waals surface area contributed by atoms with Crippen molar-refractivity contribution in [3.05, 3.63) is 54.4 Å². The molecule has 0 unspecified atom stereocenters. The summed E-state index contributed by atoms with van der Waals surface area (Å²) in [6, 6.07) is 14.4. The SMILES string of the molecule is CCOc1ccc(OCCC(=O)OCc2nc(-c3ccc(OC)cc3)no2)cc1. The van der Waals surface area contributed by atoms with Gasteiger partial charge in [-0.3, -0.25) is 4.79 Å². The molecule has 0 spiro atoms. The lowest BCUT2D eigenvalue weighted by Crippen LogP contribution is -2.10. The van der Waals surface area contributed by atoms with Gasteiger partial charge in [-0.25, -0.2) is 0 Å². The van der Waals surface area contributed by atoms with E-state index in [2.05, 4.69) is 10.1 Å². The molecule has 0 aliphatic carbocycles. The summed E-state index contributed by atoms with van der Waals surface area (Å²) < 4.78 is 26.3. The second-order valence-electron chi connectivity index (χ2n) is 5.90. The van der Waals surface area contributed by atoms with E-state index in [0.717, 1.165) is 17.1 Å². The molecule has 0 amide bonds. The normalized spacial score (nSPS) is 10.4. The van der Waals surface area contributed by atoms with Crippen LogP contribution in [0, 0.1) is 0 Å². The molecule has 8 nitrogen and oxygen atoms in total. The summed E-state index contributed by atoms with van der Waals surface area (Å²) >= 11 is 0. The van der Waals surface area contributed by atoms with Crippen molar-refractivity contribution in [2.45, 2.75) is 20.0 Å². The number of hydrogen-bond acceptors (Lipinski definition) is 8. The first-order chi connectivity index (χ1) is 14.2. The first-order valence-corrected chi connectivity index (χ1v) is 9.16. The molecule has 0 fully saturated rings. The number of methoxy groups -OCH3 is 1. The first kappa shape index (κ1) is 20.2. The molecule has 0 saturated carbocycles. The van der Waals surface area contributed by atoms with Gasteiger partial charge >= 0.3 is 5.97 Å². The van der Waals surface area contributed by atoms with E-state index in [4.69, 9.17) is 23.5 Å². The number of carbonyl (C=O) groups is 1. The maximum absolute atomic E-state index is 11.9. The Morgan fingerprint density at radius 2 is 1.62 bits per heavy atom. The zero-order valence-electron chi connectivity index (χ0n) is 16.3. The quantitative estimate of drug-likeness (QED) is 0.478. The van der Waals surface area contributed by atoms with E-state index in [1.54, 1.807) is 31.4 Å². The number of benzene rings is 2. The van der Waals surface area contributed by atoms with E-state index in [-0.39, 0.29) is 25.5 Å². The highest BCUT2D eigenvalue weighted by Crippen LogP contribution is 2.20. The second kappa shape index (κ2) is 10.1. The molecular weight excluding hydrogens is 376 g/mol. The van der Waals surface area contributed by atoms with Crippen molar-refractivity contribution in [2.75, 3.05) is 20.3 Å². The summed E-state index contributed by atoms with van der Waals surface area (Å²) in [4.78, 5) is 16.1. The van der Waals surface area contributed by atoms with Gasteiger partial charge in [0.25, 0.3) is 5.89 Å². The Bertz CT molecular complexity index is 906. The van der Waals surface area contributed by atoms with Crippen LogP contribution in [-0.2, 0) is 16.1 Å². The zero-order chi connectivity index (χ0) is 20.5. The third kappa shape index (κ3) is 5.97. The van der Waals surface area contributed by atoms with Gasteiger partial charge in [-0.05, 0) is 55.5 Å². The number of carbonyl (C=O) groups excluding carboxylic acids is 1. The van der Waals surface area contributed by atoms with Crippen LogP contribution in [0.15, 0.2) is 53.1 Å². The van der Waals surface area contributed by atoms with Crippen LogP contribution in [0.3, 0.4) is 0 Å². The van der Waals surface area contributed by atoms with Gasteiger partial charge in [0.05, 0.1) is 26.7 Å². The fraction of sp³-hybridized carbons (Fsp3) is 0.286. The van der Waals surface area contributed by atoms with E-state index < -0.39 is 5.97 Å². The highest BCUT2D eigenvalue weighted by Gasteiger charge is 2.11. The van der Waals surface area contributed by atoms with E-state index in [9.17, 15) is 4.79 Å². The minimum Gasteiger partial charge on any atom is -0.497 e. The van der Waals surface area contributed by atoms with Crippen molar-refractivity contribution in [3.8, 4) is 28.6 Å². The minimum absolute atomic E-state index is 0.0922. The summed E-state index contributed by atoms with van der Waals surface area (Å²) in [6.45, 7) is 2.64. The van der Waals surface area contributed by atoms with Gasteiger partial charge in [0, 0.05) is 5.56 Å². The summed E-state index contributed by atoms with van der Waals surface area (Å²) in [5.74, 6) is 2.38. The van der Waals surface area contributed by atoms with Crippen LogP contribution in [0.1, 0.15) is 19.2 Å². The van der Waals surface area contributed by atoms with Gasteiger partial charge in [-0.1, -0.05) is 5.16 Å². The van der Waals surface area contributed by atoms with Crippen molar-refractivity contribution >= 4 is 5.97 Å². The van der Waals surface area contributed by atoms with Gasteiger partial charge in [0.2, 0.25) is 5.82 Å². The molecule has 0 N–H and O–H groups in total. The van der Waals surface area contributed by atoms with E-state index >= 15 is 0 Å². The summed E-state index contributed by atoms with van der Waals surface area (Å²) in [6.07, 6.45) is 0.104. The molecule has 0 bridgehead atoms. The van der Waals surface area contributed by atoms with Gasteiger partial charge in [-0.2, -0.15) is 4.98 Å². The standard InChI is InChI=1S/C21H22N2O6/c1-3-26-17-8-10-18(11-9-17)27-13-12-20(24)28-14-19-22-21(23-29-19)15-4-6-16(25-2)7-5-15/h4-11H,3,12-14H2,1-2H3. The van der Waals surface area contributed by atoms with Gasteiger partial charge in [0.15, 0.2) is 6.61 Å². The van der Waals surface area contributed by atoms with Crippen LogP contribution in [0.25, 0.3) is 11.4 Å². The molecule has 0 saturated heterocycles. The summed E-state index contributed by atoms with van der Waals surface area (Å²) in [5, 5.41) is 3.89. The Morgan fingerprint density at radius 1 is 0.966 bits per heavy atom. The fourth-order valence-corrected chi connectivity index (χ4v) is 2.44. The monoisotopic (exact) mass is 398 g/mol. The third-order valence-corrected chi connectivity index (χ3v) is 3.88. The van der Waals surface area contributed by atoms with Crippen LogP contribution in [0.5, 0.6) is 17.2 Å². The fourth-order valence-electron chi connectivity index (χ4n) is 2.44. The molecule has 152 valence electrons. The second-order valence-corrected chi connectivity index (χ2v) is 5.90. The van der Waals surface area contributed by atoms with Gasteiger partial charge in [-0.15, -0.1) is 0 Å². The molecule has 3 aromatic rings. The number of rotatable bonds is 10. The molecular formula is C21H22N2O6. The number of ether oxygens (including phenoxy) is 4. The topological polar surface area (TPSA) is 92.9 Å². The van der Waals surface area contributed by atoms with E-state index in [0.29, 0.717) is 18.2 Å². The molecule has 0 aliphatic heterocycles. The summed E-state index contributed by atoms with van der Waals surface area (Å²) in [7, 11) is 1.60. The largest absolute Gasteiger partial charge is 0.497 e. The lowest BCUT2D eigenvalue weighted by molar-refractivity contribution is -0.146. The van der Waals surface area contributed by atoms with Crippen LogP contribution >= 0.6 is 0 Å². The number of aromatic nitrogens is 2. The highest BCUT2D eigenvalue weighted by molar-refractivity contribution is 5.69. The molecule has 2 aromatic carbocycles. The zero-order valence-corrected chi connectivity index (χ0v) is 16.3. The minimum atomic E-state index is -0.417. The van der Waals surface area contributed by atoms with E-state index in [1.807, 2.05) is 31.2 Å². The Balaban J connectivity index is 1.40. The van der Waals surface area contributed by atoms with Crippen LogP contribution in [-0.4, -0.2) is 36.4 Å². The lowest BCUT2D eigenvalue weighted by Gasteiger charge is -2.07. The van der Waals surface area contributed by atoms with Crippen LogP contribution < -0.4 is 14.2 Å². The lowest BCUT2D eigenvalue weighted by atomic mass is 10.2. The average molecular weight is 398 g/mol. The molecule has 0 radical (unpaired) electrons. The summed E-state index contributed by atoms with van der Waals surface area (Å²) in [5.41, 5.74) is 0.774. The van der Waals surface area contributed by atoms with Crippen molar-refractivity contribution in [1.29, 1.82) is 0 Å². The molecule has 0 atom stereocenters. The number of esters is 1. The molecule has 1 aromatic heterocycles. The van der Waals surface area contributed by atoms with Crippen molar-refractivity contribution < 1.29 is 28.3 Å². The molecule has 1 heterocycles. The molecule has 3 rings (SSSR count). The van der Waals surface area contributed by atoms with Crippen LogP contribution in [0.4, 0.5) is 0 Å². The predicted molar refractivity (Wildman–Crippen MR) is 104 cm³/mol. The Morgan fingerprint density at radius 3 is 2.28 bits per heavy atom. The third-order valence-electron chi connectivity index (χ3n) is 3.88. The van der Waals surface area contributed by atoms with Crippen molar-refractivity contribution in [2.24, 2.45) is 0 Å². The van der Waals surface area contributed by atoms with Crippen molar-refractivity contribution in [3.63, 3.8) is 0 Å². The highest BCUT2D eigenvalue weighted by atomic mass is 16.6. The molecule has 8 heteroatoms. The predicted octanol–water partition coefficient (Wildman–Crippen LogP) is 3.66. The van der Waals surface area contributed by atoms with Gasteiger partial charge in [0.1, 0.15) is 17.2 Å². The Kier molecular flexibility index (Phi) is 7.05. The number of hydrogen-bond donors (Lipinski definition) is 0. The smallest absolute Gasteiger partial charge is 0.309 e. The maximum atomic E-state index is 11.9.